The molecule has 2 rings (SSSR count). The fourth-order valence-electron chi connectivity index (χ4n) is 3.37. The van der Waals surface area contributed by atoms with Crippen molar-refractivity contribution in [1.82, 2.24) is 25.2 Å². The van der Waals surface area contributed by atoms with E-state index in [4.69, 9.17) is 0 Å². The number of nitrogens with zero attached hydrogens (tertiary/aromatic N) is 3. The smallest absolute Gasteiger partial charge is 0.236 e. The van der Waals surface area contributed by atoms with Gasteiger partial charge in [0.15, 0.2) is 5.96 Å². The molecule has 176 valence electrons. The van der Waals surface area contributed by atoms with E-state index in [0.717, 1.165) is 38.8 Å². The average Bonchev–Trinajstić information content (AvgIpc) is 2.61. The molecule has 2 aliphatic rings. The van der Waals surface area contributed by atoms with Gasteiger partial charge in [-0.1, -0.05) is 6.42 Å². The van der Waals surface area contributed by atoms with E-state index >= 15 is 0 Å². The number of nitrogens with one attached hydrogen (secondary N) is 3. The van der Waals surface area contributed by atoms with Crippen molar-refractivity contribution in [2.24, 2.45) is 10.9 Å². The zero-order valence-electron chi connectivity index (χ0n) is 18.5. The summed E-state index contributed by atoms with van der Waals surface area (Å²) in [6, 6.07) is 0.270. The Bertz CT molecular complexity index is 647. The van der Waals surface area contributed by atoms with Crippen LogP contribution in [-0.2, 0) is 14.8 Å². The number of hydrogen-bond donors (Lipinski definition) is 3. The summed E-state index contributed by atoms with van der Waals surface area (Å²) >= 11 is 0. The molecule has 30 heavy (non-hydrogen) atoms. The van der Waals surface area contributed by atoms with Gasteiger partial charge >= 0.3 is 0 Å². The molecule has 1 aliphatic heterocycles. The Morgan fingerprint density at radius 3 is 2.37 bits per heavy atom. The van der Waals surface area contributed by atoms with E-state index in [2.05, 4.69) is 25.2 Å². The Hall–Kier alpha value is -0.660. The third-order valence-corrected chi connectivity index (χ3v) is 6.90. The Labute approximate surface area is 198 Å². The van der Waals surface area contributed by atoms with Gasteiger partial charge in [-0.15, -0.1) is 24.0 Å². The van der Waals surface area contributed by atoms with Crippen LogP contribution in [0, 0.1) is 5.92 Å². The summed E-state index contributed by atoms with van der Waals surface area (Å²) in [5.41, 5.74) is 0. The molecule has 0 unspecified atom stereocenters. The van der Waals surface area contributed by atoms with Crippen molar-refractivity contribution in [3.8, 4) is 0 Å². The number of halogens is 1. The second kappa shape index (κ2) is 13.7. The first-order chi connectivity index (χ1) is 13.8. The third kappa shape index (κ3) is 10.1. The molecule has 0 bridgehead atoms. The van der Waals surface area contributed by atoms with Crippen LogP contribution in [0.3, 0.4) is 0 Å². The number of hydrogen-bond acceptors (Lipinski definition) is 5. The quantitative estimate of drug-likeness (QED) is 0.204. The summed E-state index contributed by atoms with van der Waals surface area (Å²) in [5, 5.41) is 6.60. The summed E-state index contributed by atoms with van der Waals surface area (Å²) in [7, 11) is 0.276. The molecule has 1 saturated carbocycles. The monoisotopic (exact) mass is 558 g/mol. The Morgan fingerprint density at radius 1 is 1.17 bits per heavy atom. The number of likely N-dealkylation sites (tertiary alicyclic amines) is 1. The first-order valence-corrected chi connectivity index (χ1v) is 12.4. The highest BCUT2D eigenvalue weighted by Crippen LogP contribution is 2.25. The predicted molar refractivity (Wildman–Crippen MR) is 132 cm³/mol. The van der Waals surface area contributed by atoms with E-state index in [1.807, 2.05) is 6.92 Å². The van der Waals surface area contributed by atoms with Gasteiger partial charge in [-0.25, -0.2) is 13.1 Å². The molecule has 1 heterocycles. The van der Waals surface area contributed by atoms with Crippen LogP contribution >= 0.6 is 24.0 Å². The molecule has 1 amide bonds. The van der Waals surface area contributed by atoms with Gasteiger partial charge in [-0.2, -0.15) is 0 Å². The van der Waals surface area contributed by atoms with Crippen LogP contribution in [-0.4, -0.2) is 95.2 Å². The van der Waals surface area contributed by atoms with E-state index < -0.39 is 10.0 Å². The molecule has 3 N–H and O–H groups in total. The minimum atomic E-state index is -3.28. The summed E-state index contributed by atoms with van der Waals surface area (Å²) in [6.45, 7) is 5.66. The van der Waals surface area contributed by atoms with Crippen LogP contribution < -0.4 is 15.4 Å². The molecule has 2 fully saturated rings. The maximum atomic E-state index is 12.1. The topological polar surface area (TPSA) is 106 Å². The standard InChI is InChI=1S/C19H38N6O3S.HI/c1-4-20-19(21-10-13-29(27,28)22-14-16-6-5-7-16)23-17-8-11-25(12-9-17)15-18(26)24(2)3;/h16-17,22H,4-15H2,1-3H3,(H2,20,21,23);1H. The van der Waals surface area contributed by atoms with Crippen LogP contribution in [0.1, 0.15) is 39.0 Å². The lowest BCUT2D eigenvalue weighted by Crippen LogP contribution is -2.50. The van der Waals surface area contributed by atoms with Crippen molar-refractivity contribution in [1.29, 1.82) is 0 Å². The lowest BCUT2D eigenvalue weighted by Gasteiger charge is -2.33. The molecule has 0 aromatic heterocycles. The number of piperidine rings is 1. The summed E-state index contributed by atoms with van der Waals surface area (Å²) in [5.74, 6) is 1.29. The van der Waals surface area contributed by atoms with Crippen LogP contribution in [0.4, 0.5) is 0 Å². The Balaban J connectivity index is 0.00000450. The molecule has 0 atom stereocenters. The largest absolute Gasteiger partial charge is 0.357 e. The number of sulfonamides is 1. The van der Waals surface area contributed by atoms with E-state index in [9.17, 15) is 13.2 Å². The van der Waals surface area contributed by atoms with Crippen molar-refractivity contribution in [2.45, 2.75) is 45.1 Å². The van der Waals surface area contributed by atoms with E-state index in [0.29, 0.717) is 31.5 Å². The van der Waals surface area contributed by atoms with Gasteiger partial charge in [0.2, 0.25) is 15.9 Å². The lowest BCUT2D eigenvalue weighted by molar-refractivity contribution is -0.130. The second-order valence-electron chi connectivity index (χ2n) is 8.21. The molecule has 1 aliphatic carbocycles. The fourth-order valence-corrected chi connectivity index (χ4v) is 4.34. The zero-order valence-corrected chi connectivity index (χ0v) is 21.7. The van der Waals surface area contributed by atoms with Crippen molar-refractivity contribution in [3.63, 3.8) is 0 Å². The maximum Gasteiger partial charge on any atom is 0.236 e. The van der Waals surface area contributed by atoms with Gasteiger partial charge in [0.05, 0.1) is 18.8 Å². The van der Waals surface area contributed by atoms with Crippen molar-refractivity contribution >= 4 is 45.9 Å². The maximum absolute atomic E-state index is 12.1. The number of likely N-dealkylation sites (N-methyl/N-ethyl adjacent to an activating group) is 1. The van der Waals surface area contributed by atoms with Crippen LogP contribution in [0.5, 0.6) is 0 Å². The average molecular weight is 559 g/mol. The summed E-state index contributed by atoms with van der Waals surface area (Å²) < 4.78 is 26.9. The highest BCUT2D eigenvalue weighted by molar-refractivity contribution is 14.0. The first-order valence-electron chi connectivity index (χ1n) is 10.7. The van der Waals surface area contributed by atoms with Crippen molar-refractivity contribution in [3.05, 3.63) is 0 Å². The van der Waals surface area contributed by atoms with Crippen LogP contribution in [0.2, 0.25) is 0 Å². The summed E-state index contributed by atoms with van der Waals surface area (Å²) in [6.07, 6.45) is 5.30. The summed E-state index contributed by atoms with van der Waals surface area (Å²) in [4.78, 5) is 20.1. The molecular weight excluding hydrogens is 519 g/mol. The molecule has 0 spiro atoms. The van der Waals surface area contributed by atoms with Crippen molar-refractivity contribution < 1.29 is 13.2 Å². The van der Waals surface area contributed by atoms with Gasteiger partial charge in [-0.3, -0.25) is 14.7 Å². The lowest BCUT2D eigenvalue weighted by atomic mass is 9.86. The SMILES string of the molecule is CCNC(=NCCS(=O)(=O)NCC1CCC1)NC1CCN(CC(=O)N(C)C)CC1.I. The number of carbonyl (C=O) groups excluding carboxylic acids is 1. The van der Waals surface area contributed by atoms with Gasteiger partial charge in [0, 0.05) is 46.3 Å². The zero-order chi connectivity index (χ0) is 21.3. The molecular formula is C19H39IN6O3S. The first kappa shape index (κ1) is 27.4. The van der Waals surface area contributed by atoms with Gasteiger partial charge in [-0.05, 0) is 38.5 Å². The number of carbonyl (C=O) groups is 1. The molecule has 0 aromatic rings. The van der Waals surface area contributed by atoms with E-state index in [-0.39, 0.29) is 48.2 Å². The third-order valence-electron chi connectivity index (χ3n) is 5.58. The van der Waals surface area contributed by atoms with Gasteiger partial charge < -0.3 is 15.5 Å². The van der Waals surface area contributed by atoms with Crippen LogP contribution in [0.25, 0.3) is 0 Å². The minimum absolute atomic E-state index is 0. The second-order valence-corrected chi connectivity index (χ2v) is 10.1. The highest BCUT2D eigenvalue weighted by atomic mass is 127. The molecule has 9 nitrogen and oxygen atoms in total. The van der Waals surface area contributed by atoms with E-state index in [1.165, 1.54) is 6.42 Å². The predicted octanol–water partition coefficient (Wildman–Crippen LogP) is 0.432. The molecule has 0 aromatic carbocycles. The van der Waals surface area contributed by atoms with Gasteiger partial charge in [0.25, 0.3) is 0 Å². The van der Waals surface area contributed by atoms with Crippen molar-refractivity contribution in [2.75, 3.05) is 59.1 Å². The highest BCUT2D eigenvalue weighted by Gasteiger charge is 2.22. The van der Waals surface area contributed by atoms with Gasteiger partial charge in [0.1, 0.15) is 0 Å². The molecule has 0 radical (unpaired) electrons. The number of rotatable bonds is 10. The minimum Gasteiger partial charge on any atom is -0.357 e. The number of guanidine groups is 1. The fraction of sp³-hybridized carbons (Fsp3) is 0.895. The number of aliphatic imine (C=N–C) groups is 1. The normalized spacial score (nSPS) is 19.0. The van der Waals surface area contributed by atoms with E-state index in [1.54, 1.807) is 19.0 Å². The molecule has 1 saturated heterocycles. The molecule has 11 heteroatoms. The number of amides is 1. The Kier molecular flexibility index (Phi) is 12.5. The van der Waals surface area contributed by atoms with Crippen LogP contribution in [0.15, 0.2) is 4.99 Å². The Morgan fingerprint density at radius 2 is 1.83 bits per heavy atom.